The molecular formula is C23H23NO2S. The van der Waals surface area contributed by atoms with Crippen molar-refractivity contribution in [1.29, 1.82) is 0 Å². The number of ether oxygens (including phenoxy) is 1. The van der Waals surface area contributed by atoms with E-state index < -0.39 is 0 Å². The van der Waals surface area contributed by atoms with Crippen molar-refractivity contribution in [3.63, 3.8) is 0 Å². The molecule has 0 aromatic heterocycles. The Morgan fingerprint density at radius 3 is 2.48 bits per heavy atom. The number of carbonyl (C=O) groups excluding carboxylic acids is 1. The second-order valence-corrected chi connectivity index (χ2v) is 7.45. The number of benzene rings is 3. The number of methoxy groups -OCH3 is 1. The van der Waals surface area contributed by atoms with Gasteiger partial charge in [0, 0.05) is 27.5 Å². The van der Waals surface area contributed by atoms with Crippen LogP contribution in [-0.4, -0.2) is 13.0 Å². The normalized spacial score (nSPS) is 10.5. The van der Waals surface area contributed by atoms with Gasteiger partial charge < -0.3 is 10.1 Å². The van der Waals surface area contributed by atoms with Crippen molar-refractivity contribution in [3.05, 3.63) is 89.0 Å². The average molecular weight is 378 g/mol. The summed E-state index contributed by atoms with van der Waals surface area (Å²) in [6.07, 6.45) is 0. The Hall–Kier alpha value is -2.72. The maximum Gasteiger partial charge on any atom is 0.255 e. The maximum atomic E-state index is 12.7. The molecule has 3 rings (SSSR count). The van der Waals surface area contributed by atoms with Crippen molar-refractivity contribution >= 4 is 23.4 Å². The van der Waals surface area contributed by atoms with E-state index in [1.54, 1.807) is 24.9 Å². The van der Waals surface area contributed by atoms with E-state index in [1.165, 1.54) is 10.5 Å². The highest BCUT2D eigenvalue weighted by molar-refractivity contribution is 7.98. The van der Waals surface area contributed by atoms with Crippen molar-refractivity contribution in [2.75, 3.05) is 12.4 Å². The Morgan fingerprint density at radius 1 is 1.00 bits per heavy atom. The molecule has 3 aromatic rings. The van der Waals surface area contributed by atoms with Crippen LogP contribution < -0.4 is 10.1 Å². The first-order valence-electron chi connectivity index (χ1n) is 8.80. The molecule has 0 aliphatic heterocycles. The van der Waals surface area contributed by atoms with E-state index >= 15 is 0 Å². The predicted molar refractivity (Wildman–Crippen MR) is 113 cm³/mol. The third-order valence-corrected chi connectivity index (χ3v) is 5.37. The molecule has 0 saturated heterocycles. The second-order valence-electron chi connectivity index (χ2n) is 6.40. The van der Waals surface area contributed by atoms with Crippen LogP contribution >= 0.6 is 11.8 Å². The van der Waals surface area contributed by atoms with Crippen LogP contribution in [0.5, 0.6) is 5.75 Å². The minimum Gasteiger partial charge on any atom is -0.496 e. The number of hydrogen-bond donors (Lipinski definition) is 1. The van der Waals surface area contributed by atoms with Crippen LogP contribution in [0.1, 0.15) is 27.0 Å². The van der Waals surface area contributed by atoms with E-state index in [1.807, 2.05) is 56.3 Å². The molecule has 0 fully saturated rings. The highest BCUT2D eigenvalue weighted by Gasteiger charge is 2.12. The summed E-state index contributed by atoms with van der Waals surface area (Å²) in [6.45, 7) is 4.04. The van der Waals surface area contributed by atoms with Crippen molar-refractivity contribution < 1.29 is 9.53 Å². The molecule has 1 N–H and O–H groups in total. The monoisotopic (exact) mass is 377 g/mol. The quantitative estimate of drug-likeness (QED) is 0.547. The van der Waals surface area contributed by atoms with Crippen LogP contribution in [0, 0.1) is 13.8 Å². The lowest BCUT2D eigenvalue weighted by Gasteiger charge is -2.12. The summed E-state index contributed by atoms with van der Waals surface area (Å²) in [7, 11) is 1.65. The van der Waals surface area contributed by atoms with Crippen LogP contribution in [0.4, 0.5) is 5.69 Å². The Kier molecular flexibility index (Phi) is 6.20. The van der Waals surface area contributed by atoms with Gasteiger partial charge in [0.15, 0.2) is 0 Å². The summed E-state index contributed by atoms with van der Waals surface area (Å²) >= 11 is 1.72. The molecule has 4 heteroatoms. The molecule has 27 heavy (non-hydrogen) atoms. The third kappa shape index (κ3) is 4.92. The molecular weight excluding hydrogens is 354 g/mol. The van der Waals surface area contributed by atoms with E-state index in [4.69, 9.17) is 4.74 Å². The number of hydrogen-bond acceptors (Lipinski definition) is 3. The predicted octanol–water partition coefficient (Wildman–Crippen LogP) is 5.86. The molecule has 0 spiro atoms. The Bertz CT molecular complexity index is 938. The van der Waals surface area contributed by atoms with Gasteiger partial charge in [-0.2, -0.15) is 0 Å². The van der Waals surface area contributed by atoms with E-state index in [0.29, 0.717) is 5.56 Å². The average Bonchev–Trinajstić information content (AvgIpc) is 2.69. The fraction of sp³-hybridized carbons (Fsp3) is 0.174. The lowest BCUT2D eigenvalue weighted by molar-refractivity contribution is 0.102. The molecule has 0 unspecified atom stereocenters. The van der Waals surface area contributed by atoms with Crippen LogP contribution in [0.25, 0.3) is 0 Å². The lowest BCUT2D eigenvalue weighted by atomic mass is 10.1. The zero-order valence-corrected chi connectivity index (χ0v) is 16.6. The number of thioether (sulfide) groups is 1. The molecule has 0 radical (unpaired) electrons. The van der Waals surface area contributed by atoms with Gasteiger partial charge in [-0.15, -0.1) is 11.8 Å². The highest BCUT2D eigenvalue weighted by Crippen LogP contribution is 2.29. The van der Waals surface area contributed by atoms with Gasteiger partial charge in [-0.25, -0.2) is 0 Å². The summed E-state index contributed by atoms with van der Waals surface area (Å²) < 4.78 is 5.47. The highest BCUT2D eigenvalue weighted by atomic mass is 32.2. The van der Waals surface area contributed by atoms with Crippen LogP contribution in [0.2, 0.25) is 0 Å². The second kappa shape index (κ2) is 8.78. The molecule has 0 atom stereocenters. The lowest BCUT2D eigenvalue weighted by Crippen LogP contribution is -2.13. The molecule has 0 bridgehead atoms. The van der Waals surface area contributed by atoms with Crippen molar-refractivity contribution in [2.45, 2.75) is 24.5 Å². The first kappa shape index (κ1) is 19.1. The summed E-state index contributed by atoms with van der Waals surface area (Å²) in [5, 5.41) is 3.01. The molecule has 138 valence electrons. The van der Waals surface area contributed by atoms with Gasteiger partial charge in [-0.1, -0.05) is 35.9 Å². The molecule has 3 nitrogen and oxygen atoms in total. The number of aryl methyl sites for hydroxylation is 2. The minimum atomic E-state index is -0.115. The van der Waals surface area contributed by atoms with E-state index in [2.05, 4.69) is 23.5 Å². The fourth-order valence-electron chi connectivity index (χ4n) is 2.86. The smallest absolute Gasteiger partial charge is 0.255 e. The Labute approximate surface area is 164 Å². The fourth-order valence-corrected chi connectivity index (χ4v) is 3.76. The molecule has 1 amide bonds. The maximum absolute atomic E-state index is 12.7. The molecule has 0 heterocycles. The Morgan fingerprint density at radius 2 is 1.78 bits per heavy atom. The molecule has 0 aliphatic rings. The minimum absolute atomic E-state index is 0.115. The summed E-state index contributed by atoms with van der Waals surface area (Å²) in [5.74, 6) is 1.41. The number of nitrogens with one attached hydrogen (secondary N) is 1. The number of carbonyl (C=O) groups is 1. The van der Waals surface area contributed by atoms with Gasteiger partial charge in [0.25, 0.3) is 5.91 Å². The first-order valence-corrected chi connectivity index (χ1v) is 9.79. The topological polar surface area (TPSA) is 38.3 Å². The van der Waals surface area contributed by atoms with Crippen molar-refractivity contribution in [3.8, 4) is 5.75 Å². The van der Waals surface area contributed by atoms with Gasteiger partial charge in [-0.05, 0) is 55.8 Å². The Balaban J connectivity index is 1.78. The number of rotatable bonds is 6. The van der Waals surface area contributed by atoms with Crippen LogP contribution in [0.3, 0.4) is 0 Å². The van der Waals surface area contributed by atoms with Crippen LogP contribution in [0.15, 0.2) is 71.6 Å². The molecule has 0 saturated carbocycles. The first-order chi connectivity index (χ1) is 13.1. The largest absolute Gasteiger partial charge is 0.496 e. The summed E-state index contributed by atoms with van der Waals surface area (Å²) in [6, 6.07) is 21.8. The van der Waals surface area contributed by atoms with Gasteiger partial charge in [0.1, 0.15) is 5.75 Å². The van der Waals surface area contributed by atoms with E-state index in [-0.39, 0.29) is 5.91 Å². The van der Waals surface area contributed by atoms with Gasteiger partial charge in [0.05, 0.1) is 7.11 Å². The number of amides is 1. The van der Waals surface area contributed by atoms with Gasteiger partial charge in [-0.3, -0.25) is 4.79 Å². The van der Waals surface area contributed by atoms with E-state index in [9.17, 15) is 4.79 Å². The summed E-state index contributed by atoms with van der Waals surface area (Å²) in [4.78, 5) is 13.9. The van der Waals surface area contributed by atoms with Crippen molar-refractivity contribution in [2.24, 2.45) is 0 Å². The zero-order valence-electron chi connectivity index (χ0n) is 15.8. The standard InChI is InChI=1S/C23H23NO2S/c1-16-9-11-21(17(2)13-16)24-23(25)18-10-12-22(26-3)19(14-18)15-27-20-7-5-4-6-8-20/h4-14H,15H2,1-3H3,(H,24,25). The van der Waals surface area contributed by atoms with E-state index in [0.717, 1.165) is 28.3 Å². The van der Waals surface area contributed by atoms with Gasteiger partial charge >= 0.3 is 0 Å². The van der Waals surface area contributed by atoms with Crippen molar-refractivity contribution in [1.82, 2.24) is 0 Å². The molecule has 0 aliphatic carbocycles. The van der Waals surface area contributed by atoms with Gasteiger partial charge in [0.2, 0.25) is 0 Å². The third-order valence-electron chi connectivity index (χ3n) is 4.31. The summed E-state index contributed by atoms with van der Waals surface area (Å²) in [5.41, 5.74) is 4.69. The number of anilines is 1. The SMILES string of the molecule is COc1ccc(C(=O)Nc2ccc(C)cc2C)cc1CSc1ccccc1. The molecule has 3 aromatic carbocycles. The van der Waals surface area contributed by atoms with Crippen LogP contribution in [-0.2, 0) is 5.75 Å². The zero-order chi connectivity index (χ0) is 19.2.